The van der Waals surface area contributed by atoms with Gasteiger partial charge in [0.1, 0.15) is 0 Å². The molecule has 3 aromatic heterocycles. The predicted molar refractivity (Wildman–Crippen MR) is 128 cm³/mol. The Morgan fingerprint density at radius 2 is 1.97 bits per heavy atom. The first-order chi connectivity index (χ1) is 15.6. The second-order valence-corrected chi connectivity index (χ2v) is 9.83. The number of aliphatic hydroxyl groups is 1. The molecular weight excluding hydrogens is 420 g/mol. The van der Waals surface area contributed by atoms with Gasteiger partial charge in [0, 0.05) is 42.1 Å². The van der Waals surface area contributed by atoms with Crippen molar-refractivity contribution in [1.82, 2.24) is 14.4 Å². The molecule has 1 saturated heterocycles. The lowest BCUT2D eigenvalue weighted by molar-refractivity contribution is 0.0931. The zero-order chi connectivity index (χ0) is 21.8. The van der Waals surface area contributed by atoms with Gasteiger partial charge in [0.25, 0.3) is 0 Å². The van der Waals surface area contributed by atoms with Crippen molar-refractivity contribution in [2.24, 2.45) is 11.8 Å². The Labute approximate surface area is 192 Å². The smallest absolute Gasteiger partial charge is 0.0992 e. The van der Waals surface area contributed by atoms with Crippen LogP contribution in [0.1, 0.15) is 49.3 Å². The van der Waals surface area contributed by atoms with Crippen LogP contribution in [0.2, 0.25) is 5.02 Å². The molecule has 1 aliphatic heterocycles. The summed E-state index contributed by atoms with van der Waals surface area (Å²) in [5.41, 5.74) is 5.49. The molecule has 2 fully saturated rings. The molecule has 1 aliphatic carbocycles. The highest BCUT2D eigenvalue weighted by Crippen LogP contribution is 2.50. The highest BCUT2D eigenvalue weighted by atomic mass is 35.5. The Balaban J connectivity index is 1.27. The summed E-state index contributed by atoms with van der Waals surface area (Å²) in [5.74, 6) is 1.49. The maximum absolute atomic E-state index is 11.6. The molecule has 0 amide bonds. The lowest BCUT2D eigenvalue weighted by Crippen LogP contribution is -2.36. The van der Waals surface area contributed by atoms with Crippen molar-refractivity contribution in [3.8, 4) is 0 Å². The van der Waals surface area contributed by atoms with E-state index in [0.29, 0.717) is 16.9 Å². The lowest BCUT2D eigenvalue weighted by Gasteiger charge is -2.36. The fourth-order valence-corrected chi connectivity index (χ4v) is 5.74. The average Bonchev–Trinajstić information content (AvgIpc) is 3.36. The van der Waals surface area contributed by atoms with Crippen LogP contribution in [0, 0.1) is 11.8 Å². The number of aliphatic hydroxyl groups excluding tert-OH is 1. The molecule has 0 bridgehead atoms. The normalized spacial score (nSPS) is 22.5. The third-order valence-corrected chi connectivity index (χ3v) is 7.80. The Morgan fingerprint density at radius 3 is 2.75 bits per heavy atom. The highest BCUT2D eigenvalue weighted by molar-refractivity contribution is 6.35. The zero-order valence-corrected chi connectivity index (χ0v) is 18.9. The van der Waals surface area contributed by atoms with Gasteiger partial charge in [-0.1, -0.05) is 18.5 Å². The van der Waals surface area contributed by atoms with Crippen molar-refractivity contribution in [3.63, 3.8) is 0 Å². The number of anilines is 1. The molecule has 164 valence electrons. The molecule has 2 aliphatic rings. The van der Waals surface area contributed by atoms with Crippen LogP contribution in [0.15, 0.2) is 55.2 Å². The first-order valence-electron chi connectivity index (χ1n) is 11.5. The van der Waals surface area contributed by atoms with E-state index < -0.39 is 6.10 Å². The van der Waals surface area contributed by atoms with E-state index >= 15 is 0 Å². The summed E-state index contributed by atoms with van der Waals surface area (Å²) >= 11 is 6.37. The summed E-state index contributed by atoms with van der Waals surface area (Å²) < 4.78 is 2.04. The summed E-state index contributed by atoms with van der Waals surface area (Å²) in [6.45, 7) is 4.11. The average molecular weight is 447 g/mol. The number of piperidine rings is 1. The van der Waals surface area contributed by atoms with Crippen LogP contribution >= 0.6 is 11.6 Å². The number of nitrogens with zero attached hydrogens (tertiary/aromatic N) is 4. The van der Waals surface area contributed by atoms with E-state index in [9.17, 15) is 5.11 Å². The van der Waals surface area contributed by atoms with Gasteiger partial charge in [0.05, 0.1) is 34.7 Å². The number of imidazole rings is 1. The minimum Gasteiger partial charge on any atom is -0.388 e. The summed E-state index contributed by atoms with van der Waals surface area (Å²) in [5, 5.41) is 13.4. The fourth-order valence-electron chi connectivity index (χ4n) is 5.52. The van der Waals surface area contributed by atoms with Crippen LogP contribution in [0.5, 0.6) is 0 Å². The molecule has 0 radical (unpaired) electrons. The molecule has 1 N–H and O–H groups in total. The fraction of sp³-hybridized carbons (Fsp3) is 0.385. The van der Waals surface area contributed by atoms with Crippen molar-refractivity contribution >= 4 is 33.7 Å². The van der Waals surface area contributed by atoms with E-state index in [0.717, 1.165) is 47.9 Å². The number of hydrogen-bond donors (Lipinski definition) is 1. The summed E-state index contributed by atoms with van der Waals surface area (Å²) in [4.78, 5) is 11.2. The van der Waals surface area contributed by atoms with Crippen LogP contribution in [-0.2, 0) is 0 Å². The maximum atomic E-state index is 11.6. The largest absolute Gasteiger partial charge is 0.388 e. The molecule has 4 heterocycles. The van der Waals surface area contributed by atoms with E-state index in [1.54, 1.807) is 6.20 Å². The minimum absolute atomic E-state index is 0.233. The first kappa shape index (κ1) is 20.0. The summed E-state index contributed by atoms with van der Waals surface area (Å²) in [6, 6.07) is 10.3. The monoisotopic (exact) mass is 446 g/mol. The Kier molecular flexibility index (Phi) is 4.85. The number of fused-ring (bicyclic) bond motifs is 2. The molecular formula is C26H27ClN4O. The number of aromatic nitrogens is 3. The van der Waals surface area contributed by atoms with Crippen molar-refractivity contribution in [3.05, 3.63) is 71.4 Å². The maximum Gasteiger partial charge on any atom is 0.0992 e. The quantitative estimate of drug-likeness (QED) is 0.442. The molecule has 0 spiro atoms. The summed E-state index contributed by atoms with van der Waals surface area (Å²) in [6.07, 6.45) is 10.2. The van der Waals surface area contributed by atoms with Gasteiger partial charge in [-0.25, -0.2) is 4.98 Å². The molecule has 3 atom stereocenters. The van der Waals surface area contributed by atoms with Crippen molar-refractivity contribution < 1.29 is 5.11 Å². The van der Waals surface area contributed by atoms with E-state index in [1.807, 2.05) is 29.1 Å². The van der Waals surface area contributed by atoms with Crippen LogP contribution in [0.25, 0.3) is 16.4 Å². The van der Waals surface area contributed by atoms with Gasteiger partial charge in [-0.3, -0.25) is 4.98 Å². The molecule has 3 unspecified atom stereocenters. The van der Waals surface area contributed by atoms with E-state index in [2.05, 4.69) is 46.2 Å². The number of benzene rings is 1. The van der Waals surface area contributed by atoms with Gasteiger partial charge in [0.2, 0.25) is 0 Å². The number of pyridine rings is 2. The van der Waals surface area contributed by atoms with Crippen LogP contribution in [0.3, 0.4) is 0 Å². The van der Waals surface area contributed by atoms with Crippen LogP contribution in [0.4, 0.5) is 5.69 Å². The second kappa shape index (κ2) is 7.75. The van der Waals surface area contributed by atoms with Crippen molar-refractivity contribution in [2.75, 3.05) is 18.0 Å². The molecule has 5 nitrogen and oxygen atoms in total. The van der Waals surface area contributed by atoms with Crippen molar-refractivity contribution in [2.45, 2.75) is 38.2 Å². The van der Waals surface area contributed by atoms with Gasteiger partial charge in [-0.2, -0.15) is 0 Å². The molecule has 6 rings (SSSR count). The Morgan fingerprint density at radius 1 is 1.16 bits per heavy atom. The molecule has 6 heteroatoms. The second-order valence-electron chi connectivity index (χ2n) is 9.43. The highest BCUT2D eigenvalue weighted by Gasteiger charge is 2.39. The molecule has 1 saturated carbocycles. The summed E-state index contributed by atoms with van der Waals surface area (Å²) in [7, 11) is 0. The Hall–Kier alpha value is -2.63. The Bertz CT molecular complexity index is 1290. The zero-order valence-electron chi connectivity index (χ0n) is 18.2. The first-order valence-corrected chi connectivity index (χ1v) is 11.9. The van der Waals surface area contributed by atoms with Crippen molar-refractivity contribution in [1.29, 1.82) is 0 Å². The van der Waals surface area contributed by atoms with Gasteiger partial charge >= 0.3 is 0 Å². The lowest BCUT2D eigenvalue weighted by atomic mass is 9.84. The third kappa shape index (κ3) is 3.26. The number of rotatable bonds is 4. The van der Waals surface area contributed by atoms with Crippen LogP contribution in [-0.4, -0.2) is 32.6 Å². The van der Waals surface area contributed by atoms with Gasteiger partial charge in [-0.05, 0) is 72.9 Å². The topological polar surface area (TPSA) is 53.7 Å². The standard InChI is InChI=1S/C26H27ClN4O/c1-16-13-20(16)18-8-12-31-15-28-14-23(31)24(18)26(32)17-6-10-30(11-7-17)22-5-4-21(27)25-19(22)3-2-9-29-25/h2-5,8-9,12,14-17,20,26,32H,6-7,10-11,13H2,1H3. The third-order valence-electron chi connectivity index (χ3n) is 7.50. The predicted octanol–water partition coefficient (Wildman–Crippen LogP) is 5.61. The molecule has 1 aromatic carbocycles. The van der Waals surface area contributed by atoms with Crippen LogP contribution < -0.4 is 4.90 Å². The van der Waals surface area contributed by atoms with E-state index in [4.69, 9.17) is 11.6 Å². The molecule has 4 aromatic rings. The number of hydrogen-bond acceptors (Lipinski definition) is 4. The van der Waals surface area contributed by atoms with E-state index in [1.165, 1.54) is 17.7 Å². The number of halogens is 1. The van der Waals surface area contributed by atoms with Gasteiger partial charge < -0.3 is 14.4 Å². The van der Waals surface area contributed by atoms with Gasteiger partial charge in [0.15, 0.2) is 0 Å². The van der Waals surface area contributed by atoms with Gasteiger partial charge in [-0.15, -0.1) is 0 Å². The SMILES string of the molecule is CC1CC1c1ccn2cncc2c1C(O)C1CCN(c2ccc(Cl)c3ncccc23)CC1. The van der Waals surface area contributed by atoms with E-state index in [-0.39, 0.29) is 5.92 Å². The minimum atomic E-state index is -0.469. The molecule has 32 heavy (non-hydrogen) atoms.